The van der Waals surface area contributed by atoms with Gasteiger partial charge in [-0.1, -0.05) is 0 Å². The third-order valence-corrected chi connectivity index (χ3v) is 6.01. The number of hydrogen-bond acceptors (Lipinski definition) is 6. The number of rotatable bonds is 8. The number of alkyl halides is 8. The highest BCUT2D eigenvalue weighted by molar-refractivity contribution is 7.88. The lowest BCUT2D eigenvalue weighted by atomic mass is 10.4. The third kappa shape index (κ3) is 5.13. The van der Waals surface area contributed by atoms with Crippen molar-refractivity contribution in [2.45, 2.75) is 42.6 Å². The number of halogens is 8. The van der Waals surface area contributed by atoms with Crippen LogP contribution in [0.15, 0.2) is 0 Å². The van der Waals surface area contributed by atoms with Gasteiger partial charge in [-0.15, -0.1) is 0 Å². The van der Waals surface area contributed by atoms with Gasteiger partial charge in [0.05, 0.1) is 13.2 Å². The van der Waals surface area contributed by atoms with Gasteiger partial charge in [0.25, 0.3) is 0 Å². The van der Waals surface area contributed by atoms with Crippen LogP contribution in [0, 0.1) is 0 Å². The second kappa shape index (κ2) is 7.11. The summed E-state index contributed by atoms with van der Waals surface area (Å²) >= 11 is 0. The molecule has 0 aromatic rings. The first-order valence-electron chi connectivity index (χ1n) is 6.00. The van der Waals surface area contributed by atoms with Gasteiger partial charge in [0.1, 0.15) is 0 Å². The first kappa shape index (κ1) is 24.3. The lowest BCUT2D eigenvalue weighted by molar-refractivity contribution is -0.194. The van der Waals surface area contributed by atoms with E-state index in [1.165, 1.54) is 0 Å². The molecule has 0 aromatic carbocycles. The van der Waals surface area contributed by atoms with Crippen molar-refractivity contribution in [2.24, 2.45) is 0 Å². The maximum absolute atomic E-state index is 13.2. The molecule has 25 heavy (non-hydrogen) atoms. The summed E-state index contributed by atoms with van der Waals surface area (Å²) in [5.41, 5.74) is 0. The van der Waals surface area contributed by atoms with E-state index in [0.29, 0.717) is 0 Å². The number of hydrogen-bond donors (Lipinski definition) is 0. The summed E-state index contributed by atoms with van der Waals surface area (Å²) in [4.78, 5) is 0. The predicted octanol–water partition coefficient (Wildman–Crippen LogP) is 2.57. The Morgan fingerprint density at radius 3 is 1.08 bits per heavy atom. The molecule has 0 rings (SSSR count). The van der Waals surface area contributed by atoms with E-state index in [1.54, 1.807) is 0 Å². The summed E-state index contributed by atoms with van der Waals surface area (Å²) in [6.45, 7) is -3.22. The Kier molecular flexibility index (Phi) is 6.90. The second-order valence-electron chi connectivity index (χ2n) is 4.73. The molecule has 0 saturated carbocycles. The van der Waals surface area contributed by atoms with Gasteiger partial charge in [0.15, 0.2) is 0 Å². The Morgan fingerprint density at radius 1 is 0.640 bits per heavy atom. The summed E-state index contributed by atoms with van der Waals surface area (Å²) in [6.07, 6.45) is -12.6. The van der Waals surface area contributed by atoms with Crippen molar-refractivity contribution < 1.29 is 60.3 Å². The highest BCUT2D eigenvalue weighted by atomic mass is 32.2. The fourth-order valence-electron chi connectivity index (χ4n) is 0.901. The minimum atomic E-state index is -5.84. The van der Waals surface area contributed by atoms with Gasteiger partial charge < -0.3 is 0 Å². The van der Waals surface area contributed by atoms with Gasteiger partial charge >= 0.3 is 42.6 Å². The monoisotopic (exact) mass is 432 g/mol. The summed E-state index contributed by atoms with van der Waals surface area (Å²) in [5, 5.41) is -9.55. The van der Waals surface area contributed by atoms with Crippen molar-refractivity contribution >= 4 is 20.2 Å². The second-order valence-corrected chi connectivity index (χ2v) is 8.56. The molecule has 152 valence electrons. The summed E-state index contributed by atoms with van der Waals surface area (Å²) < 4.78 is 151. The molecule has 0 fully saturated rings. The highest BCUT2D eigenvalue weighted by Gasteiger charge is 2.63. The lowest BCUT2D eigenvalue weighted by Gasteiger charge is -2.23. The molecule has 0 aliphatic carbocycles. The minimum Gasteiger partial charge on any atom is -0.267 e. The van der Waals surface area contributed by atoms with E-state index >= 15 is 0 Å². The molecule has 2 unspecified atom stereocenters. The zero-order valence-corrected chi connectivity index (χ0v) is 14.0. The van der Waals surface area contributed by atoms with E-state index in [1.807, 2.05) is 0 Å². The van der Waals surface area contributed by atoms with Crippen molar-refractivity contribution in [3.05, 3.63) is 0 Å². The molecule has 0 saturated heterocycles. The predicted molar refractivity (Wildman–Crippen MR) is 65.5 cm³/mol. The van der Waals surface area contributed by atoms with E-state index in [-0.39, 0.29) is 13.8 Å². The van der Waals surface area contributed by atoms with Crippen molar-refractivity contribution in [1.29, 1.82) is 0 Å². The third-order valence-electron chi connectivity index (χ3n) is 2.72. The Labute approximate surface area is 137 Å². The smallest absolute Gasteiger partial charge is 0.267 e. The molecule has 0 aromatic heterocycles. The normalized spacial score (nSPS) is 19.3. The molecule has 0 bridgehead atoms. The molecule has 2 atom stereocenters. The van der Waals surface area contributed by atoms with E-state index in [2.05, 4.69) is 8.37 Å². The van der Waals surface area contributed by atoms with Gasteiger partial charge in [-0.3, -0.25) is 8.37 Å². The van der Waals surface area contributed by atoms with Crippen LogP contribution >= 0.6 is 0 Å². The maximum Gasteiger partial charge on any atom is 0.439 e. The van der Waals surface area contributed by atoms with Crippen LogP contribution in [-0.2, 0) is 28.6 Å². The van der Waals surface area contributed by atoms with E-state index in [4.69, 9.17) is 0 Å². The van der Waals surface area contributed by atoms with Crippen molar-refractivity contribution in [3.8, 4) is 0 Å². The van der Waals surface area contributed by atoms with Gasteiger partial charge in [-0.05, 0) is 20.3 Å². The Hall–Kier alpha value is -0.740. The van der Waals surface area contributed by atoms with E-state index in [9.17, 15) is 52.0 Å². The van der Waals surface area contributed by atoms with Gasteiger partial charge in [-0.25, -0.2) is 8.78 Å². The molecular weight excluding hydrogens is 420 g/mol. The SMILES string of the molecule is CC(F)(C(F)(F)F)S(=O)(=O)OCCCOS(=O)(=O)C(C)(F)C(F)(F)F. The topological polar surface area (TPSA) is 86.7 Å². The molecule has 0 N–H and O–H groups in total. The Balaban J connectivity index is 4.73. The van der Waals surface area contributed by atoms with Crippen LogP contribution in [0.1, 0.15) is 20.3 Å². The molecule has 0 aliphatic heterocycles. The average Bonchev–Trinajstić information content (AvgIpc) is 2.34. The van der Waals surface area contributed by atoms with E-state index < -0.39 is 62.2 Å². The van der Waals surface area contributed by atoms with E-state index in [0.717, 1.165) is 0 Å². The molecule has 0 amide bonds. The van der Waals surface area contributed by atoms with Crippen LogP contribution in [-0.4, -0.2) is 52.4 Å². The van der Waals surface area contributed by atoms with Gasteiger partial charge in [0, 0.05) is 0 Å². The van der Waals surface area contributed by atoms with Crippen LogP contribution < -0.4 is 0 Å². The lowest BCUT2D eigenvalue weighted by Crippen LogP contribution is -2.46. The molecular formula is C9H12F8O6S2. The molecule has 0 radical (unpaired) electrons. The van der Waals surface area contributed by atoms with Gasteiger partial charge in [0.2, 0.25) is 0 Å². The maximum atomic E-state index is 13.2. The quantitative estimate of drug-likeness (QED) is 0.333. The van der Waals surface area contributed by atoms with Crippen molar-refractivity contribution in [3.63, 3.8) is 0 Å². The van der Waals surface area contributed by atoms with Gasteiger partial charge in [-0.2, -0.15) is 43.2 Å². The fourth-order valence-corrected chi connectivity index (χ4v) is 2.59. The largest absolute Gasteiger partial charge is 0.439 e. The van der Waals surface area contributed by atoms with Crippen LogP contribution in [0.25, 0.3) is 0 Å². The standard InChI is InChI=1S/C9H12F8O6S2/c1-6(10,8(12,13)14)24(18,19)22-4-3-5-23-25(20,21)7(2,11)9(15,16)17/h3-5H2,1-2H3. The zero-order chi connectivity index (χ0) is 20.5. The fraction of sp³-hybridized carbons (Fsp3) is 1.00. The van der Waals surface area contributed by atoms with Crippen LogP contribution in [0.4, 0.5) is 35.1 Å². The minimum absolute atomic E-state index is 0.346. The molecule has 16 heteroatoms. The first-order chi connectivity index (χ1) is 10.7. The molecule has 6 nitrogen and oxygen atoms in total. The summed E-state index contributed by atoms with van der Waals surface area (Å²) in [5.74, 6) is 0. The van der Waals surface area contributed by atoms with Crippen molar-refractivity contribution in [2.75, 3.05) is 13.2 Å². The molecule has 0 heterocycles. The highest BCUT2D eigenvalue weighted by Crippen LogP contribution is 2.40. The Morgan fingerprint density at radius 2 is 0.880 bits per heavy atom. The Bertz CT molecular complexity index is 603. The van der Waals surface area contributed by atoms with Crippen LogP contribution in [0.5, 0.6) is 0 Å². The summed E-state index contributed by atoms with van der Waals surface area (Å²) in [7, 11) is -11.7. The molecule has 0 spiro atoms. The van der Waals surface area contributed by atoms with Crippen molar-refractivity contribution in [1.82, 2.24) is 0 Å². The summed E-state index contributed by atoms with van der Waals surface area (Å²) in [6, 6.07) is 0. The van der Waals surface area contributed by atoms with Crippen LogP contribution in [0.2, 0.25) is 0 Å². The average molecular weight is 432 g/mol. The zero-order valence-electron chi connectivity index (χ0n) is 12.4. The van der Waals surface area contributed by atoms with Crippen LogP contribution in [0.3, 0.4) is 0 Å². The molecule has 0 aliphatic rings. The first-order valence-corrected chi connectivity index (χ1v) is 8.81.